The number of carbonyl (C=O) groups excluding carboxylic acids is 1. The van der Waals surface area contributed by atoms with Crippen molar-refractivity contribution in [3.63, 3.8) is 0 Å². The van der Waals surface area contributed by atoms with E-state index in [4.69, 9.17) is 0 Å². The van der Waals surface area contributed by atoms with E-state index in [1.54, 1.807) is 0 Å². The van der Waals surface area contributed by atoms with Gasteiger partial charge in [-0.15, -0.1) is 0 Å². The monoisotopic (exact) mass is 333 g/mol. The molecule has 3 rings (SSSR count). The zero-order valence-corrected chi connectivity index (χ0v) is 14.6. The molecule has 0 atom stereocenters. The van der Waals surface area contributed by atoms with E-state index in [2.05, 4.69) is 15.5 Å². The van der Waals surface area contributed by atoms with Crippen LogP contribution in [0, 0.1) is 13.8 Å². The van der Waals surface area contributed by atoms with Gasteiger partial charge in [0, 0.05) is 12.2 Å². The number of amides is 1. The average molecular weight is 333 g/mol. The van der Waals surface area contributed by atoms with Gasteiger partial charge >= 0.3 is 0 Å². The van der Waals surface area contributed by atoms with Crippen LogP contribution in [0.4, 0.5) is 0 Å². The molecule has 4 nitrogen and oxygen atoms in total. The maximum atomic E-state index is 12.9. The highest BCUT2D eigenvalue weighted by atomic mass is 16.1. The van der Waals surface area contributed by atoms with Crippen LogP contribution in [0.15, 0.2) is 60.7 Å². The predicted molar refractivity (Wildman–Crippen MR) is 99.5 cm³/mol. The predicted octanol–water partition coefficient (Wildman–Crippen LogP) is 3.52. The van der Waals surface area contributed by atoms with E-state index in [0.29, 0.717) is 6.54 Å². The van der Waals surface area contributed by atoms with Crippen molar-refractivity contribution in [2.75, 3.05) is 6.54 Å². The number of aromatic amines is 1. The van der Waals surface area contributed by atoms with Gasteiger partial charge in [0.15, 0.2) is 0 Å². The second kappa shape index (κ2) is 7.79. The summed E-state index contributed by atoms with van der Waals surface area (Å²) in [6, 6.07) is 19.8. The van der Waals surface area contributed by atoms with Crippen molar-refractivity contribution in [2.45, 2.75) is 26.2 Å². The maximum absolute atomic E-state index is 12.9. The van der Waals surface area contributed by atoms with Gasteiger partial charge in [0.1, 0.15) is 0 Å². The lowest BCUT2D eigenvalue weighted by molar-refractivity contribution is -0.121. The first kappa shape index (κ1) is 17.0. The van der Waals surface area contributed by atoms with E-state index in [1.165, 1.54) is 5.56 Å². The van der Waals surface area contributed by atoms with Crippen LogP contribution in [0.1, 0.15) is 34.0 Å². The van der Waals surface area contributed by atoms with E-state index < -0.39 is 0 Å². The van der Waals surface area contributed by atoms with Gasteiger partial charge in [-0.3, -0.25) is 9.89 Å². The summed E-state index contributed by atoms with van der Waals surface area (Å²) in [6.45, 7) is 4.58. The summed E-state index contributed by atoms with van der Waals surface area (Å²) in [7, 11) is 0. The molecule has 0 aliphatic carbocycles. The number of H-pyrrole nitrogens is 1. The fraction of sp³-hybridized carbons (Fsp3) is 0.238. The lowest BCUT2D eigenvalue weighted by Crippen LogP contribution is -2.31. The Hall–Kier alpha value is -2.88. The van der Waals surface area contributed by atoms with Crippen molar-refractivity contribution in [2.24, 2.45) is 0 Å². The van der Waals surface area contributed by atoms with E-state index in [9.17, 15) is 4.79 Å². The standard InChI is InChI=1S/C21H23N3O/c1-15-19(16(2)24-23-15)13-14-22-21(25)20(17-9-5-3-6-10-17)18-11-7-4-8-12-18/h3-12,20H,13-14H2,1-2H3,(H,22,25)(H,23,24). The number of benzene rings is 2. The molecule has 0 fully saturated rings. The molecule has 0 unspecified atom stereocenters. The van der Waals surface area contributed by atoms with Crippen molar-refractivity contribution in [3.05, 3.63) is 88.7 Å². The van der Waals surface area contributed by atoms with Gasteiger partial charge in [-0.1, -0.05) is 60.7 Å². The van der Waals surface area contributed by atoms with Gasteiger partial charge in [-0.2, -0.15) is 5.10 Å². The first-order chi connectivity index (χ1) is 12.2. The van der Waals surface area contributed by atoms with Gasteiger partial charge in [0.2, 0.25) is 5.91 Å². The van der Waals surface area contributed by atoms with Crippen LogP contribution in [-0.4, -0.2) is 22.6 Å². The van der Waals surface area contributed by atoms with Crippen LogP contribution in [0.2, 0.25) is 0 Å². The highest BCUT2D eigenvalue weighted by Crippen LogP contribution is 2.24. The molecular weight excluding hydrogens is 310 g/mol. The molecular formula is C21H23N3O. The Morgan fingerprint density at radius 1 is 1.00 bits per heavy atom. The lowest BCUT2D eigenvalue weighted by Gasteiger charge is -2.18. The average Bonchev–Trinajstić information content (AvgIpc) is 2.96. The number of aryl methyl sites for hydroxylation is 2. The molecule has 1 heterocycles. The third kappa shape index (κ3) is 3.97. The van der Waals surface area contributed by atoms with E-state index in [-0.39, 0.29) is 11.8 Å². The molecule has 1 amide bonds. The third-order valence-electron chi connectivity index (χ3n) is 4.48. The minimum atomic E-state index is -0.297. The summed E-state index contributed by atoms with van der Waals surface area (Å²) in [4.78, 5) is 12.9. The number of hydrogen-bond donors (Lipinski definition) is 2. The van der Waals surface area contributed by atoms with E-state index >= 15 is 0 Å². The van der Waals surface area contributed by atoms with Crippen molar-refractivity contribution in [1.82, 2.24) is 15.5 Å². The van der Waals surface area contributed by atoms with Crippen molar-refractivity contribution in [1.29, 1.82) is 0 Å². The number of nitrogens with zero attached hydrogens (tertiary/aromatic N) is 1. The van der Waals surface area contributed by atoms with Gasteiger partial charge in [0.25, 0.3) is 0 Å². The van der Waals surface area contributed by atoms with Gasteiger partial charge in [0.05, 0.1) is 11.6 Å². The highest BCUT2D eigenvalue weighted by Gasteiger charge is 2.22. The van der Waals surface area contributed by atoms with Crippen LogP contribution in [0.5, 0.6) is 0 Å². The first-order valence-corrected chi connectivity index (χ1v) is 8.55. The molecule has 0 radical (unpaired) electrons. The van der Waals surface area contributed by atoms with E-state index in [1.807, 2.05) is 74.5 Å². The minimum absolute atomic E-state index is 0.0243. The molecule has 3 aromatic rings. The number of aromatic nitrogens is 2. The summed E-state index contributed by atoms with van der Waals surface area (Å²) in [5.41, 5.74) is 5.24. The summed E-state index contributed by atoms with van der Waals surface area (Å²) < 4.78 is 0. The Bertz CT molecular complexity index is 766. The lowest BCUT2D eigenvalue weighted by atomic mass is 9.90. The molecule has 0 spiro atoms. The van der Waals surface area contributed by atoms with Crippen LogP contribution in [-0.2, 0) is 11.2 Å². The molecule has 128 valence electrons. The minimum Gasteiger partial charge on any atom is -0.355 e. The van der Waals surface area contributed by atoms with Gasteiger partial charge in [-0.05, 0) is 37.0 Å². The normalized spacial score (nSPS) is 10.8. The second-order valence-corrected chi connectivity index (χ2v) is 6.21. The molecule has 4 heteroatoms. The van der Waals surface area contributed by atoms with Crippen LogP contribution < -0.4 is 5.32 Å². The fourth-order valence-corrected chi connectivity index (χ4v) is 3.14. The molecule has 0 aliphatic heterocycles. The Labute approximate surface area is 148 Å². The fourth-order valence-electron chi connectivity index (χ4n) is 3.14. The zero-order valence-electron chi connectivity index (χ0n) is 14.6. The first-order valence-electron chi connectivity index (χ1n) is 8.55. The second-order valence-electron chi connectivity index (χ2n) is 6.21. The summed E-state index contributed by atoms with van der Waals surface area (Å²) in [6.07, 6.45) is 0.774. The maximum Gasteiger partial charge on any atom is 0.232 e. The molecule has 2 N–H and O–H groups in total. The number of rotatable bonds is 6. The van der Waals surface area contributed by atoms with Crippen LogP contribution in [0.3, 0.4) is 0 Å². The van der Waals surface area contributed by atoms with Crippen LogP contribution in [0.25, 0.3) is 0 Å². The largest absolute Gasteiger partial charge is 0.355 e. The quantitative estimate of drug-likeness (QED) is 0.725. The van der Waals surface area contributed by atoms with Gasteiger partial charge < -0.3 is 5.32 Å². The summed E-state index contributed by atoms with van der Waals surface area (Å²) in [5.74, 6) is -0.273. The number of hydrogen-bond acceptors (Lipinski definition) is 2. The van der Waals surface area contributed by atoms with Gasteiger partial charge in [-0.25, -0.2) is 0 Å². The zero-order chi connectivity index (χ0) is 17.6. The smallest absolute Gasteiger partial charge is 0.232 e. The highest BCUT2D eigenvalue weighted by molar-refractivity contribution is 5.87. The molecule has 0 bridgehead atoms. The molecule has 0 aliphatic rings. The van der Waals surface area contributed by atoms with Crippen molar-refractivity contribution in [3.8, 4) is 0 Å². The molecule has 0 saturated carbocycles. The molecule has 0 saturated heterocycles. The Morgan fingerprint density at radius 2 is 1.56 bits per heavy atom. The topological polar surface area (TPSA) is 57.8 Å². The van der Waals surface area contributed by atoms with Crippen LogP contribution >= 0.6 is 0 Å². The van der Waals surface area contributed by atoms with Crippen molar-refractivity contribution < 1.29 is 4.79 Å². The summed E-state index contributed by atoms with van der Waals surface area (Å²) in [5, 5.41) is 10.3. The molecule has 25 heavy (non-hydrogen) atoms. The molecule has 1 aromatic heterocycles. The third-order valence-corrected chi connectivity index (χ3v) is 4.48. The van der Waals surface area contributed by atoms with E-state index in [0.717, 1.165) is 28.9 Å². The molecule has 2 aromatic carbocycles. The summed E-state index contributed by atoms with van der Waals surface area (Å²) >= 11 is 0. The SMILES string of the molecule is Cc1n[nH]c(C)c1CCNC(=O)C(c1ccccc1)c1ccccc1. The Kier molecular flexibility index (Phi) is 5.29. The number of nitrogens with one attached hydrogen (secondary N) is 2. The Morgan fingerprint density at radius 3 is 2.04 bits per heavy atom. The van der Waals surface area contributed by atoms with Crippen molar-refractivity contribution >= 4 is 5.91 Å². The number of carbonyl (C=O) groups is 1. The Balaban J connectivity index is 1.74.